The van der Waals surface area contributed by atoms with Crippen molar-refractivity contribution in [1.82, 2.24) is 0 Å². The number of anilines is 2. The summed E-state index contributed by atoms with van der Waals surface area (Å²) in [6.45, 7) is 7.73. The molecule has 5 aromatic carbocycles. The van der Waals surface area contributed by atoms with Crippen LogP contribution in [0.2, 0.25) is 0 Å². The molecular weight excluding hydrogens is 446 g/mol. The Morgan fingerprint density at radius 2 is 0.973 bits per heavy atom. The highest BCUT2D eigenvalue weighted by atomic mass is 14.9. The summed E-state index contributed by atoms with van der Waals surface area (Å²) in [5.74, 6) is 0. The minimum Gasteiger partial charge on any atom is -0.356 e. The van der Waals surface area contributed by atoms with Crippen LogP contribution < -0.4 is 5.32 Å². The third kappa shape index (κ3) is 5.69. The van der Waals surface area contributed by atoms with Crippen LogP contribution in [0.3, 0.4) is 0 Å². The summed E-state index contributed by atoms with van der Waals surface area (Å²) in [5, 5.41) is 3.52. The van der Waals surface area contributed by atoms with Crippen molar-refractivity contribution < 1.29 is 0 Å². The second-order valence-corrected chi connectivity index (χ2v) is 8.87. The zero-order valence-corrected chi connectivity index (χ0v) is 20.8. The van der Waals surface area contributed by atoms with E-state index in [0.29, 0.717) is 0 Å². The van der Waals surface area contributed by atoms with Crippen molar-refractivity contribution >= 4 is 16.9 Å². The van der Waals surface area contributed by atoms with E-state index < -0.39 is 0 Å². The molecule has 0 saturated carbocycles. The number of allylic oxidation sites excluding steroid dienone is 4. The maximum Gasteiger partial charge on any atom is 0.0384 e. The maximum absolute atomic E-state index is 3.92. The molecule has 0 aliphatic heterocycles. The Hall–Kier alpha value is -4.88. The van der Waals surface area contributed by atoms with Crippen molar-refractivity contribution in [1.29, 1.82) is 0 Å². The molecule has 5 aromatic rings. The van der Waals surface area contributed by atoms with Crippen LogP contribution in [0.4, 0.5) is 11.4 Å². The normalized spacial score (nSPS) is 11.1. The molecule has 1 N–H and O–H groups in total. The minimum absolute atomic E-state index is 1.05. The van der Waals surface area contributed by atoms with E-state index in [1.807, 2.05) is 18.2 Å². The van der Waals surface area contributed by atoms with Crippen LogP contribution in [0.15, 0.2) is 159 Å². The van der Waals surface area contributed by atoms with E-state index in [9.17, 15) is 0 Å². The Balaban J connectivity index is 1.30. The highest BCUT2D eigenvalue weighted by molar-refractivity contribution is 5.79. The van der Waals surface area contributed by atoms with E-state index in [0.717, 1.165) is 22.5 Å². The number of hydrogen-bond acceptors (Lipinski definition) is 1. The summed E-state index contributed by atoms with van der Waals surface area (Å²) in [6, 6.07) is 44.8. The van der Waals surface area contributed by atoms with Crippen LogP contribution in [-0.2, 0) is 0 Å². The average Bonchev–Trinajstić information content (AvgIpc) is 2.97. The van der Waals surface area contributed by atoms with Crippen LogP contribution >= 0.6 is 0 Å². The first-order chi connectivity index (χ1) is 18.2. The van der Waals surface area contributed by atoms with Gasteiger partial charge in [-0.25, -0.2) is 0 Å². The van der Waals surface area contributed by atoms with Crippen LogP contribution in [0.25, 0.3) is 39.0 Å². The van der Waals surface area contributed by atoms with Crippen LogP contribution in [0, 0.1) is 0 Å². The van der Waals surface area contributed by atoms with Gasteiger partial charge >= 0.3 is 0 Å². The zero-order valence-electron chi connectivity index (χ0n) is 20.8. The molecule has 37 heavy (non-hydrogen) atoms. The molecule has 0 bridgehead atoms. The molecule has 178 valence electrons. The summed E-state index contributed by atoms with van der Waals surface area (Å²) in [6.07, 6.45) is 5.63. The van der Waals surface area contributed by atoms with Crippen molar-refractivity contribution in [2.45, 2.75) is 0 Å². The van der Waals surface area contributed by atoms with E-state index in [4.69, 9.17) is 0 Å². The standard InChI is InChI=1S/C36H29N/c1-3-10-27(4-2)31-13-8-15-33(25-31)29-17-21-35(22-18-29)37-36-23-19-30(20-24-36)34-16-9-14-32(26-34)28-11-6-5-7-12-28/h3-26,37H,1-2H2/b27-10+. The molecule has 1 heteroatoms. The lowest BCUT2D eigenvalue weighted by atomic mass is 9.98. The molecule has 0 aliphatic carbocycles. The summed E-state index contributed by atoms with van der Waals surface area (Å²) in [5.41, 5.74) is 11.5. The largest absolute Gasteiger partial charge is 0.356 e. The van der Waals surface area contributed by atoms with E-state index in [1.165, 1.54) is 33.4 Å². The second-order valence-electron chi connectivity index (χ2n) is 8.87. The van der Waals surface area contributed by atoms with Gasteiger partial charge in [0, 0.05) is 11.4 Å². The third-order valence-corrected chi connectivity index (χ3v) is 6.41. The third-order valence-electron chi connectivity index (χ3n) is 6.41. The zero-order chi connectivity index (χ0) is 25.5. The first kappa shape index (κ1) is 23.8. The molecule has 0 amide bonds. The molecule has 0 aromatic heterocycles. The monoisotopic (exact) mass is 475 g/mol. The van der Waals surface area contributed by atoms with Crippen molar-refractivity contribution in [3.8, 4) is 33.4 Å². The summed E-state index contributed by atoms with van der Waals surface area (Å²) < 4.78 is 0. The number of hydrogen-bond donors (Lipinski definition) is 1. The Morgan fingerprint density at radius 3 is 1.51 bits per heavy atom. The Labute approximate surface area is 219 Å². The van der Waals surface area contributed by atoms with Crippen LogP contribution in [-0.4, -0.2) is 0 Å². The highest BCUT2D eigenvalue weighted by Crippen LogP contribution is 2.29. The summed E-state index contributed by atoms with van der Waals surface area (Å²) in [4.78, 5) is 0. The van der Waals surface area contributed by atoms with Crippen molar-refractivity contribution in [3.05, 3.63) is 164 Å². The van der Waals surface area contributed by atoms with Crippen molar-refractivity contribution in [2.24, 2.45) is 0 Å². The van der Waals surface area contributed by atoms with E-state index in [2.05, 4.69) is 140 Å². The molecule has 0 fully saturated rings. The fraction of sp³-hybridized carbons (Fsp3) is 0. The molecule has 0 spiro atoms. The smallest absolute Gasteiger partial charge is 0.0384 e. The number of benzene rings is 5. The molecular formula is C36H29N. The first-order valence-electron chi connectivity index (χ1n) is 12.4. The topological polar surface area (TPSA) is 12.0 Å². The van der Waals surface area contributed by atoms with Gasteiger partial charge in [-0.05, 0) is 80.9 Å². The summed E-state index contributed by atoms with van der Waals surface area (Å²) >= 11 is 0. The molecule has 0 aliphatic rings. The summed E-state index contributed by atoms with van der Waals surface area (Å²) in [7, 11) is 0. The van der Waals surface area contributed by atoms with E-state index in [-0.39, 0.29) is 0 Å². The molecule has 0 heterocycles. The molecule has 1 nitrogen and oxygen atoms in total. The Morgan fingerprint density at radius 1 is 0.486 bits per heavy atom. The molecule has 0 saturated heterocycles. The van der Waals surface area contributed by atoms with Gasteiger partial charge in [0.25, 0.3) is 0 Å². The van der Waals surface area contributed by atoms with Gasteiger partial charge < -0.3 is 5.32 Å². The van der Waals surface area contributed by atoms with Gasteiger partial charge in [-0.3, -0.25) is 0 Å². The Kier molecular flexibility index (Phi) is 7.24. The van der Waals surface area contributed by atoms with Gasteiger partial charge in [-0.2, -0.15) is 0 Å². The number of rotatable bonds is 8. The van der Waals surface area contributed by atoms with E-state index in [1.54, 1.807) is 6.08 Å². The van der Waals surface area contributed by atoms with Crippen molar-refractivity contribution in [3.63, 3.8) is 0 Å². The lowest BCUT2D eigenvalue weighted by Gasteiger charge is -2.11. The minimum atomic E-state index is 1.05. The lowest BCUT2D eigenvalue weighted by Crippen LogP contribution is -1.90. The molecule has 0 radical (unpaired) electrons. The maximum atomic E-state index is 3.92. The predicted octanol–water partition coefficient (Wildman–Crippen LogP) is 10.2. The van der Waals surface area contributed by atoms with Crippen LogP contribution in [0.5, 0.6) is 0 Å². The van der Waals surface area contributed by atoms with Gasteiger partial charge in [0.2, 0.25) is 0 Å². The van der Waals surface area contributed by atoms with Gasteiger partial charge in [-0.1, -0.05) is 122 Å². The SMILES string of the molecule is C=C/C=C(\C=C)c1cccc(-c2ccc(Nc3ccc(-c4cccc(-c5ccccc5)c4)cc3)cc2)c1. The fourth-order valence-corrected chi connectivity index (χ4v) is 4.46. The molecule has 0 unspecified atom stereocenters. The molecule has 5 rings (SSSR count). The highest BCUT2D eigenvalue weighted by Gasteiger charge is 2.04. The second kappa shape index (κ2) is 11.2. The average molecular weight is 476 g/mol. The van der Waals surface area contributed by atoms with Crippen LogP contribution in [0.1, 0.15) is 5.56 Å². The lowest BCUT2D eigenvalue weighted by molar-refractivity contribution is 1.53. The fourth-order valence-electron chi connectivity index (χ4n) is 4.46. The van der Waals surface area contributed by atoms with Gasteiger partial charge in [0.05, 0.1) is 0 Å². The Bertz CT molecular complexity index is 1540. The number of nitrogens with one attached hydrogen (secondary N) is 1. The van der Waals surface area contributed by atoms with Crippen molar-refractivity contribution in [2.75, 3.05) is 5.32 Å². The quantitative estimate of drug-likeness (QED) is 0.220. The van der Waals surface area contributed by atoms with Gasteiger partial charge in [-0.15, -0.1) is 0 Å². The molecule has 0 atom stereocenters. The first-order valence-corrected chi connectivity index (χ1v) is 12.4. The van der Waals surface area contributed by atoms with E-state index >= 15 is 0 Å². The van der Waals surface area contributed by atoms with Gasteiger partial charge in [0.15, 0.2) is 0 Å². The predicted molar refractivity (Wildman–Crippen MR) is 161 cm³/mol. The van der Waals surface area contributed by atoms with Gasteiger partial charge in [0.1, 0.15) is 0 Å².